The number of rotatable bonds is 11. The summed E-state index contributed by atoms with van der Waals surface area (Å²) in [5.41, 5.74) is 0.988. The zero-order valence-corrected chi connectivity index (χ0v) is 15.8. The maximum Gasteiger partial charge on any atom is 0.297 e. The average Bonchev–Trinajstić information content (AvgIpc) is 2.51. The van der Waals surface area contributed by atoms with E-state index in [-0.39, 0.29) is 23.7 Å². The summed E-state index contributed by atoms with van der Waals surface area (Å²) >= 11 is 0. The highest BCUT2D eigenvalue weighted by Crippen LogP contribution is 2.15. The normalized spacial score (nSPS) is 15.9. The Kier molecular flexibility index (Phi) is 8.86. The van der Waals surface area contributed by atoms with Gasteiger partial charge in [0.05, 0.1) is 43.0 Å². The van der Waals surface area contributed by atoms with Gasteiger partial charge < -0.3 is 14.2 Å². The zero-order valence-electron chi connectivity index (χ0n) is 15.0. The van der Waals surface area contributed by atoms with Crippen molar-refractivity contribution in [2.45, 2.75) is 50.9 Å². The number of hydrogen-bond donors (Lipinski definition) is 0. The minimum Gasteiger partial charge on any atom is -0.382 e. The zero-order chi connectivity index (χ0) is 18.2. The summed E-state index contributed by atoms with van der Waals surface area (Å²) in [4.78, 5) is 0.143. The lowest BCUT2D eigenvalue weighted by Crippen LogP contribution is -2.27. The third-order valence-electron chi connectivity index (χ3n) is 3.23. The van der Waals surface area contributed by atoms with Crippen molar-refractivity contribution in [1.29, 1.82) is 0 Å². The lowest BCUT2D eigenvalue weighted by atomic mass is 10.2. The third-order valence-corrected chi connectivity index (χ3v) is 4.66. The number of hydrogen-bond acceptors (Lipinski definition) is 6. The monoisotopic (exact) mass is 360 g/mol. The van der Waals surface area contributed by atoms with Gasteiger partial charge in [-0.15, -0.1) is 0 Å². The summed E-state index contributed by atoms with van der Waals surface area (Å²) in [6.07, 6.45) is -0.774. The summed E-state index contributed by atoms with van der Waals surface area (Å²) in [5, 5.41) is 0. The fourth-order valence-electron chi connectivity index (χ4n) is 1.94. The van der Waals surface area contributed by atoms with E-state index in [0.717, 1.165) is 5.56 Å². The molecule has 6 nitrogen and oxygen atoms in total. The standard InChI is InChI=1S/C17H28O6S/c1-13-6-8-17(9-7-13)24(18,19)23-16(4)12-22-15(3)11-21-14(2)10-20-5/h6-9,14-16H,10-12H2,1-5H3/t14-,15-,16+/m0/s1. The van der Waals surface area contributed by atoms with Gasteiger partial charge in [0.1, 0.15) is 0 Å². The molecule has 0 saturated heterocycles. The van der Waals surface area contributed by atoms with Crippen molar-refractivity contribution in [2.75, 3.05) is 26.9 Å². The molecule has 0 aromatic heterocycles. The van der Waals surface area contributed by atoms with Crippen LogP contribution in [0.15, 0.2) is 29.2 Å². The molecule has 0 radical (unpaired) electrons. The fourth-order valence-corrected chi connectivity index (χ4v) is 3.00. The summed E-state index contributed by atoms with van der Waals surface area (Å²) in [5.74, 6) is 0. The largest absolute Gasteiger partial charge is 0.382 e. The Hall–Kier alpha value is -0.990. The van der Waals surface area contributed by atoms with Gasteiger partial charge in [-0.05, 0) is 39.8 Å². The number of aryl methyl sites for hydroxylation is 1. The highest BCUT2D eigenvalue weighted by atomic mass is 32.2. The molecule has 0 spiro atoms. The van der Waals surface area contributed by atoms with Crippen LogP contribution in [0.4, 0.5) is 0 Å². The molecule has 3 atom stereocenters. The molecule has 7 heteroatoms. The average molecular weight is 360 g/mol. The van der Waals surface area contributed by atoms with Crippen LogP contribution in [0.5, 0.6) is 0 Å². The molecule has 0 unspecified atom stereocenters. The molecule has 1 aromatic rings. The van der Waals surface area contributed by atoms with Gasteiger partial charge in [-0.2, -0.15) is 8.42 Å². The van der Waals surface area contributed by atoms with E-state index in [4.69, 9.17) is 18.4 Å². The van der Waals surface area contributed by atoms with Gasteiger partial charge in [0.25, 0.3) is 10.1 Å². The third kappa shape index (κ3) is 7.72. The molecule has 0 N–H and O–H groups in total. The van der Waals surface area contributed by atoms with Crippen LogP contribution in [0, 0.1) is 6.92 Å². The van der Waals surface area contributed by atoms with E-state index < -0.39 is 16.2 Å². The predicted molar refractivity (Wildman–Crippen MR) is 91.6 cm³/mol. The topological polar surface area (TPSA) is 71.1 Å². The van der Waals surface area contributed by atoms with Gasteiger partial charge >= 0.3 is 0 Å². The number of ether oxygens (including phenoxy) is 3. The Bertz CT molecular complexity index is 569. The van der Waals surface area contributed by atoms with Gasteiger partial charge in [0.2, 0.25) is 0 Å². The molecule has 1 rings (SSSR count). The van der Waals surface area contributed by atoms with E-state index in [9.17, 15) is 8.42 Å². The van der Waals surface area contributed by atoms with Gasteiger partial charge in [-0.3, -0.25) is 4.18 Å². The fraction of sp³-hybridized carbons (Fsp3) is 0.647. The smallest absolute Gasteiger partial charge is 0.297 e. The molecule has 0 aliphatic carbocycles. The summed E-state index contributed by atoms with van der Waals surface area (Å²) in [6, 6.07) is 6.54. The highest BCUT2D eigenvalue weighted by Gasteiger charge is 2.20. The molecule has 1 aromatic carbocycles. The van der Waals surface area contributed by atoms with Crippen LogP contribution in [0.3, 0.4) is 0 Å². The van der Waals surface area contributed by atoms with Crippen molar-refractivity contribution in [2.24, 2.45) is 0 Å². The molecule has 0 aliphatic heterocycles. The summed E-state index contributed by atoms with van der Waals surface area (Å²) in [7, 11) is -2.17. The van der Waals surface area contributed by atoms with E-state index in [1.807, 2.05) is 20.8 Å². The second kappa shape index (κ2) is 10.1. The van der Waals surface area contributed by atoms with Crippen molar-refractivity contribution in [3.63, 3.8) is 0 Å². The Morgan fingerprint density at radius 1 is 0.875 bits per heavy atom. The Morgan fingerprint density at radius 2 is 1.38 bits per heavy atom. The molecule has 24 heavy (non-hydrogen) atoms. The molecule has 0 bridgehead atoms. The van der Waals surface area contributed by atoms with Gasteiger partial charge in [-0.25, -0.2) is 0 Å². The molecule has 0 amide bonds. The SMILES string of the molecule is COC[C@H](C)OC[C@H](C)OC[C@@H](C)OS(=O)(=O)c1ccc(C)cc1. The van der Waals surface area contributed by atoms with Crippen LogP contribution >= 0.6 is 0 Å². The van der Waals surface area contributed by atoms with Crippen LogP contribution in [0.2, 0.25) is 0 Å². The van der Waals surface area contributed by atoms with E-state index in [1.165, 1.54) is 12.1 Å². The summed E-state index contributed by atoms with van der Waals surface area (Å²) in [6.45, 7) is 8.41. The molecule has 0 heterocycles. The first kappa shape index (κ1) is 21.1. The van der Waals surface area contributed by atoms with E-state index in [0.29, 0.717) is 13.2 Å². The van der Waals surface area contributed by atoms with Crippen LogP contribution in [0.25, 0.3) is 0 Å². The van der Waals surface area contributed by atoms with Gasteiger partial charge in [0.15, 0.2) is 0 Å². The van der Waals surface area contributed by atoms with Crippen molar-refractivity contribution < 1.29 is 26.8 Å². The Labute approximate surface area is 145 Å². The van der Waals surface area contributed by atoms with Crippen LogP contribution in [0.1, 0.15) is 26.3 Å². The molecule has 0 aliphatic rings. The van der Waals surface area contributed by atoms with E-state index >= 15 is 0 Å². The van der Waals surface area contributed by atoms with Crippen molar-refractivity contribution in [3.05, 3.63) is 29.8 Å². The minimum absolute atomic E-state index is 0.0170. The van der Waals surface area contributed by atoms with Crippen molar-refractivity contribution >= 4 is 10.1 Å². The molecule has 138 valence electrons. The van der Waals surface area contributed by atoms with Crippen molar-refractivity contribution in [3.8, 4) is 0 Å². The maximum absolute atomic E-state index is 12.2. The van der Waals surface area contributed by atoms with Crippen molar-refractivity contribution in [1.82, 2.24) is 0 Å². The Balaban J connectivity index is 2.39. The van der Waals surface area contributed by atoms with Crippen LogP contribution < -0.4 is 0 Å². The van der Waals surface area contributed by atoms with Gasteiger partial charge in [0, 0.05) is 7.11 Å². The molecular formula is C17H28O6S. The quantitative estimate of drug-likeness (QED) is 0.565. The minimum atomic E-state index is -3.79. The lowest BCUT2D eigenvalue weighted by Gasteiger charge is -2.19. The van der Waals surface area contributed by atoms with Crippen LogP contribution in [-0.4, -0.2) is 53.7 Å². The first-order valence-corrected chi connectivity index (χ1v) is 9.37. The molecule has 0 fully saturated rings. The maximum atomic E-state index is 12.2. The Morgan fingerprint density at radius 3 is 1.92 bits per heavy atom. The first-order valence-electron chi connectivity index (χ1n) is 7.96. The number of benzene rings is 1. The summed E-state index contributed by atoms with van der Waals surface area (Å²) < 4.78 is 45.6. The highest BCUT2D eigenvalue weighted by molar-refractivity contribution is 7.86. The second-order valence-electron chi connectivity index (χ2n) is 5.92. The second-order valence-corrected chi connectivity index (χ2v) is 7.49. The van der Waals surface area contributed by atoms with Gasteiger partial charge in [-0.1, -0.05) is 17.7 Å². The first-order chi connectivity index (χ1) is 11.2. The van der Waals surface area contributed by atoms with E-state index in [2.05, 4.69) is 0 Å². The predicted octanol–water partition coefficient (Wildman–Crippen LogP) is 2.55. The van der Waals surface area contributed by atoms with E-state index in [1.54, 1.807) is 26.2 Å². The number of methoxy groups -OCH3 is 1. The molecule has 0 saturated carbocycles. The lowest BCUT2D eigenvalue weighted by molar-refractivity contribution is -0.0626. The van der Waals surface area contributed by atoms with Crippen LogP contribution in [-0.2, 0) is 28.5 Å². The molecular weight excluding hydrogens is 332 g/mol.